The number of hydrogen-bond donors (Lipinski definition) is 1. The number of ketones is 1. The van der Waals surface area contributed by atoms with Crippen molar-refractivity contribution < 1.29 is 14.0 Å². The summed E-state index contributed by atoms with van der Waals surface area (Å²) in [4.78, 5) is 23.1. The molecule has 0 spiro atoms. The highest BCUT2D eigenvalue weighted by atomic mass is 16.3. The van der Waals surface area contributed by atoms with E-state index in [-0.39, 0.29) is 11.7 Å². The quantitative estimate of drug-likeness (QED) is 0.828. The number of Topliss-reactive ketones (excluding diaryl/α,β-unsaturated/α-hetero) is 1. The summed E-state index contributed by atoms with van der Waals surface area (Å²) in [6.45, 7) is 3.51. The molecule has 6 nitrogen and oxygen atoms in total. The van der Waals surface area contributed by atoms with Crippen molar-refractivity contribution in [3.05, 3.63) is 42.1 Å². The van der Waals surface area contributed by atoms with Gasteiger partial charge < -0.3 is 9.73 Å². The van der Waals surface area contributed by atoms with Crippen LogP contribution >= 0.6 is 0 Å². The predicted molar refractivity (Wildman–Crippen MR) is 67.5 cm³/mol. The third kappa shape index (κ3) is 3.09. The molecule has 1 amide bonds. The van der Waals surface area contributed by atoms with E-state index in [2.05, 4.69) is 10.4 Å². The first-order valence-electron chi connectivity index (χ1n) is 5.93. The lowest BCUT2D eigenvalue weighted by molar-refractivity contribution is -0.124. The molecular formula is C13H15N3O3. The van der Waals surface area contributed by atoms with Crippen molar-refractivity contribution >= 4 is 11.7 Å². The fraction of sp³-hybridized carbons (Fsp3) is 0.308. The van der Waals surface area contributed by atoms with Crippen LogP contribution in [0.1, 0.15) is 36.0 Å². The molecule has 1 unspecified atom stereocenters. The van der Waals surface area contributed by atoms with Gasteiger partial charge in [-0.1, -0.05) is 0 Å². The van der Waals surface area contributed by atoms with Crippen molar-refractivity contribution in [2.24, 2.45) is 0 Å². The largest absolute Gasteiger partial charge is 0.467 e. The zero-order valence-corrected chi connectivity index (χ0v) is 10.8. The van der Waals surface area contributed by atoms with Crippen molar-refractivity contribution in [1.29, 1.82) is 0 Å². The van der Waals surface area contributed by atoms with Gasteiger partial charge in [0.1, 0.15) is 11.8 Å². The number of nitrogens with one attached hydrogen (secondary N) is 1. The van der Waals surface area contributed by atoms with E-state index in [1.165, 1.54) is 17.8 Å². The van der Waals surface area contributed by atoms with E-state index in [1.54, 1.807) is 31.5 Å². The summed E-state index contributed by atoms with van der Waals surface area (Å²) in [7, 11) is 0. The topological polar surface area (TPSA) is 77.1 Å². The molecule has 0 radical (unpaired) electrons. The molecular weight excluding hydrogens is 246 g/mol. The molecule has 0 aliphatic carbocycles. The van der Waals surface area contributed by atoms with Gasteiger partial charge in [0.15, 0.2) is 5.78 Å². The van der Waals surface area contributed by atoms with E-state index in [1.807, 2.05) is 0 Å². The van der Waals surface area contributed by atoms with Crippen molar-refractivity contribution in [3.8, 4) is 0 Å². The number of carbonyl (C=O) groups is 2. The van der Waals surface area contributed by atoms with Gasteiger partial charge >= 0.3 is 0 Å². The monoisotopic (exact) mass is 261 g/mol. The van der Waals surface area contributed by atoms with Gasteiger partial charge in [-0.2, -0.15) is 5.10 Å². The lowest BCUT2D eigenvalue weighted by Crippen LogP contribution is -2.30. The van der Waals surface area contributed by atoms with Crippen LogP contribution in [0.2, 0.25) is 0 Å². The summed E-state index contributed by atoms with van der Waals surface area (Å²) < 4.78 is 6.59. The van der Waals surface area contributed by atoms with E-state index in [4.69, 9.17) is 4.42 Å². The van der Waals surface area contributed by atoms with Gasteiger partial charge in [0.05, 0.1) is 24.6 Å². The number of aromatic nitrogens is 2. The first kappa shape index (κ1) is 13.1. The second-order valence-corrected chi connectivity index (χ2v) is 4.24. The molecule has 19 heavy (non-hydrogen) atoms. The van der Waals surface area contributed by atoms with E-state index in [9.17, 15) is 9.59 Å². The normalized spacial score (nSPS) is 12.1. The first-order valence-corrected chi connectivity index (χ1v) is 5.93. The number of carbonyl (C=O) groups excluding carboxylic acids is 2. The van der Waals surface area contributed by atoms with Gasteiger partial charge in [0.25, 0.3) is 0 Å². The summed E-state index contributed by atoms with van der Waals surface area (Å²) in [5.41, 5.74) is 0.491. The molecule has 1 N–H and O–H groups in total. The minimum Gasteiger partial charge on any atom is -0.467 e. The Bertz CT molecular complexity index is 572. The van der Waals surface area contributed by atoms with Gasteiger partial charge in [-0.25, -0.2) is 0 Å². The molecule has 6 heteroatoms. The Balaban J connectivity index is 1.96. The summed E-state index contributed by atoms with van der Waals surface area (Å²) >= 11 is 0. The highest BCUT2D eigenvalue weighted by Gasteiger charge is 2.16. The minimum absolute atomic E-state index is 0.0746. The van der Waals surface area contributed by atoms with Crippen LogP contribution in [0.5, 0.6) is 0 Å². The maximum atomic E-state index is 11.9. The molecule has 0 saturated carbocycles. The maximum absolute atomic E-state index is 11.9. The van der Waals surface area contributed by atoms with Gasteiger partial charge in [-0.05, 0) is 26.0 Å². The lowest BCUT2D eigenvalue weighted by atomic mass is 10.2. The summed E-state index contributed by atoms with van der Waals surface area (Å²) in [5.74, 6) is 0.425. The van der Waals surface area contributed by atoms with Crippen LogP contribution in [0.15, 0.2) is 35.2 Å². The smallest absolute Gasteiger partial charge is 0.244 e. The Hall–Kier alpha value is -2.37. The van der Waals surface area contributed by atoms with Crippen molar-refractivity contribution in [2.45, 2.75) is 26.4 Å². The lowest BCUT2D eigenvalue weighted by Gasteiger charge is -2.11. The molecule has 0 bridgehead atoms. The average Bonchev–Trinajstić information content (AvgIpc) is 3.05. The molecule has 0 aromatic carbocycles. The second kappa shape index (κ2) is 5.51. The van der Waals surface area contributed by atoms with E-state index in [0.717, 1.165) is 0 Å². The molecule has 2 rings (SSSR count). The summed E-state index contributed by atoms with van der Waals surface area (Å²) in [6.07, 6.45) is 4.58. The van der Waals surface area contributed by atoms with Crippen molar-refractivity contribution in [3.63, 3.8) is 0 Å². The average molecular weight is 261 g/mol. The molecule has 2 heterocycles. The SMILES string of the molecule is CC(=O)c1cnn(C(C)C(=O)NCc2ccco2)c1. The number of hydrogen-bond acceptors (Lipinski definition) is 4. The molecule has 100 valence electrons. The fourth-order valence-corrected chi connectivity index (χ4v) is 1.59. The maximum Gasteiger partial charge on any atom is 0.244 e. The van der Waals surface area contributed by atoms with Gasteiger partial charge in [0.2, 0.25) is 5.91 Å². The Morgan fingerprint density at radius 3 is 2.89 bits per heavy atom. The Morgan fingerprint density at radius 2 is 2.32 bits per heavy atom. The van der Waals surface area contributed by atoms with Crippen LogP contribution in [0.4, 0.5) is 0 Å². The number of nitrogens with zero attached hydrogens (tertiary/aromatic N) is 2. The Kier molecular flexibility index (Phi) is 3.79. The van der Waals surface area contributed by atoms with Crippen LogP contribution in [0.3, 0.4) is 0 Å². The minimum atomic E-state index is -0.483. The molecule has 0 aliphatic heterocycles. The third-order valence-electron chi connectivity index (χ3n) is 2.80. The molecule has 0 fully saturated rings. The van der Waals surface area contributed by atoms with E-state index < -0.39 is 6.04 Å². The van der Waals surface area contributed by atoms with Crippen LogP contribution in [0.25, 0.3) is 0 Å². The van der Waals surface area contributed by atoms with E-state index >= 15 is 0 Å². The first-order chi connectivity index (χ1) is 9.08. The summed E-state index contributed by atoms with van der Waals surface area (Å²) in [6, 6.07) is 3.06. The summed E-state index contributed by atoms with van der Waals surface area (Å²) in [5, 5.41) is 6.76. The molecule has 2 aromatic heterocycles. The van der Waals surface area contributed by atoms with Crippen LogP contribution in [-0.2, 0) is 11.3 Å². The number of rotatable bonds is 5. The zero-order chi connectivity index (χ0) is 13.8. The highest BCUT2D eigenvalue weighted by molar-refractivity contribution is 5.93. The van der Waals surface area contributed by atoms with Crippen molar-refractivity contribution in [2.75, 3.05) is 0 Å². The molecule has 1 atom stereocenters. The van der Waals surface area contributed by atoms with Crippen LogP contribution < -0.4 is 5.32 Å². The Morgan fingerprint density at radius 1 is 1.53 bits per heavy atom. The van der Waals surface area contributed by atoms with Gasteiger partial charge in [-0.15, -0.1) is 0 Å². The van der Waals surface area contributed by atoms with Gasteiger partial charge in [0, 0.05) is 6.20 Å². The zero-order valence-electron chi connectivity index (χ0n) is 10.8. The fourth-order valence-electron chi connectivity index (χ4n) is 1.59. The molecule has 2 aromatic rings. The van der Waals surface area contributed by atoms with Crippen LogP contribution in [0, 0.1) is 0 Å². The standard InChI is InChI=1S/C13H15N3O3/c1-9(16-8-11(6-15-16)10(2)17)13(18)14-7-12-4-3-5-19-12/h3-6,8-9H,7H2,1-2H3,(H,14,18). The Labute approximate surface area is 110 Å². The molecule has 0 saturated heterocycles. The molecule has 0 aliphatic rings. The van der Waals surface area contributed by atoms with Gasteiger partial charge in [-0.3, -0.25) is 14.3 Å². The third-order valence-corrected chi connectivity index (χ3v) is 2.80. The van der Waals surface area contributed by atoms with E-state index in [0.29, 0.717) is 17.9 Å². The second-order valence-electron chi connectivity index (χ2n) is 4.24. The van der Waals surface area contributed by atoms with Crippen LogP contribution in [-0.4, -0.2) is 21.5 Å². The highest BCUT2D eigenvalue weighted by Crippen LogP contribution is 2.08. The van der Waals surface area contributed by atoms with Crippen molar-refractivity contribution in [1.82, 2.24) is 15.1 Å². The predicted octanol–water partition coefficient (Wildman–Crippen LogP) is 1.56. The number of furan rings is 1. The number of amides is 1.